The Morgan fingerprint density at radius 2 is 1.96 bits per heavy atom. The number of fused-ring (bicyclic) bond motifs is 1. The summed E-state index contributed by atoms with van der Waals surface area (Å²) in [6, 6.07) is 15.5. The second kappa shape index (κ2) is 7.07. The summed E-state index contributed by atoms with van der Waals surface area (Å²) in [6.07, 6.45) is 1.80. The molecule has 3 rings (SSSR count). The van der Waals surface area contributed by atoms with Crippen LogP contribution in [0.2, 0.25) is 0 Å². The minimum absolute atomic E-state index is 0.286. The largest absolute Gasteiger partial charge is 0.461 e. The van der Waals surface area contributed by atoms with Crippen LogP contribution in [0.1, 0.15) is 28.5 Å². The molecule has 5 nitrogen and oxygen atoms in total. The number of nitrogens with zero attached hydrogens (tertiary/aromatic N) is 2. The number of ether oxygens (including phenoxy) is 2. The van der Waals surface area contributed by atoms with Crippen molar-refractivity contribution in [3.8, 4) is 0 Å². The molecule has 2 heterocycles. The summed E-state index contributed by atoms with van der Waals surface area (Å²) in [4.78, 5) is 11.9. The fourth-order valence-electron chi connectivity index (χ4n) is 2.37. The Bertz CT molecular complexity index is 796. The molecule has 0 atom stereocenters. The number of aromatic nitrogens is 2. The molecule has 23 heavy (non-hydrogen) atoms. The van der Waals surface area contributed by atoms with E-state index in [1.807, 2.05) is 42.5 Å². The Morgan fingerprint density at radius 1 is 1.13 bits per heavy atom. The number of hydrogen-bond donors (Lipinski definition) is 0. The second-order valence-corrected chi connectivity index (χ2v) is 5.09. The van der Waals surface area contributed by atoms with Gasteiger partial charge in [-0.1, -0.05) is 30.3 Å². The molecule has 1 aromatic carbocycles. The summed E-state index contributed by atoms with van der Waals surface area (Å²) < 4.78 is 12.5. The molecule has 0 saturated heterocycles. The predicted molar refractivity (Wildman–Crippen MR) is 86.1 cm³/mol. The lowest BCUT2D eigenvalue weighted by Gasteiger charge is -2.09. The van der Waals surface area contributed by atoms with Crippen molar-refractivity contribution in [2.24, 2.45) is 0 Å². The average molecular weight is 310 g/mol. The lowest BCUT2D eigenvalue weighted by atomic mass is 10.2. The van der Waals surface area contributed by atoms with Crippen molar-refractivity contribution in [1.82, 2.24) is 9.61 Å². The van der Waals surface area contributed by atoms with Crippen LogP contribution in [0.4, 0.5) is 0 Å². The summed E-state index contributed by atoms with van der Waals surface area (Å²) in [5, 5.41) is 4.27. The number of esters is 1. The minimum Gasteiger partial charge on any atom is -0.461 e. The maximum atomic E-state index is 11.9. The highest BCUT2D eigenvalue weighted by Crippen LogP contribution is 2.15. The molecule has 118 valence electrons. The van der Waals surface area contributed by atoms with E-state index in [9.17, 15) is 4.79 Å². The molecule has 0 aliphatic rings. The summed E-state index contributed by atoms with van der Waals surface area (Å²) in [5.74, 6) is -0.424. The Hall–Kier alpha value is -2.66. The lowest BCUT2D eigenvalue weighted by Crippen LogP contribution is -2.11. The Morgan fingerprint density at radius 3 is 2.74 bits per heavy atom. The highest BCUT2D eigenvalue weighted by atomic mass is 16.5. The van der Waals surface area contributed by atoms with Crippen molar-refractivity contribution in [1.29, 1.82) is 0 Å². The van der Waals surface area contributed by atoms with Crippen molar-refractivity contribution in [2.75, 3.05) is 6.61 Å². The molecule has 2 aromatic heterocycles. The van der Waals surface area contributed by atoms with Crippen LogP contribution < -0.4 is 0 Å². The van der Waals surface area contributed by atoms with Gasteiger partial charge in [0.05, 0.1) is 25.3 Å². The van der Waals surface area contributed by atoms with E-state index < -0.39 is 5.97 Å². The highest BCUT2D eigenvalue weighted by Gasteiger charge is 2.13. The number of benzene rings is 1. The maximum absolute atomic E-state index is 11.9. The Labute approximate surface area is 134 Å². The summed E-state index contributed by atoms with van der Waals surface area (Å²) >= 11 is 0. The van der Waals surface area contributed by atoms with E-state index in [1.54, 1.807) is 23.7 Å². The van der Waals surface area contributed by atoms with E-state index in [4.69, 9.17) is 9.47 Å². The molecule has 0 bridgehead atoms. The van der Waals surface area contributed by atoms with Crippen LogP contribution in [0.3, 0.4) is 0 Å². The normalized spacial score (nSPS) is 10.8. The Kier molecular flexibility index (Phi) is 4.68. The zero-order valence-corrected chi connectivity index (χ0v) is 12.9. The van der Waals surface area contributed by atoms with Gasteiger partial charge in [0.2, 0.25) is 0 Å². The number of carbonyl (C=O) groups is 1. The average Bonchev–Trinajstić information content (AvgIpc) is 3.04. The quantitative estimate of drug-likeness (QED) is 0.656. The first-order valence-electron chi connectivity index (χ1n) is 7.54. The molecule has 5 heteroatoms. The monoisotopic (exact) mass is 310 g/mol. The maximum Gasteiger partial charge on any atom is 0.358 e. The first kappa shape index (κ1) is 15.2. The molecule has 0 amide bonds. The van der Waals surface area contributed by atoms with Gasteiger partial charge in [-0.2, -0.15) is 5.10 Å². The topological polar surface area (TPSA) is 52.8 Å². The molecule has 0 aliphatic heterocycles. The first-order chi connectivity index (χ1) is 11.3. The van der Waals surface area contributed by atoms with Crippen molar-refractivity contribution < 1.29 is 14.3 Å². The Balaban J connectivity index is 1.78. The third-order valence-electron chi connectivity index (χ3n) is 3.44. The van der Waals surface area contributed by atoms with Crippen molar-refractivity contribution in [3.05, 3.63) is 71.5 Å². The fourth-order valence-corrected chi connectivity index (χ4v) is 2.37. The van der Waals surface area contributed by atoms with Gasteiger partial charge in [0.1, 0.15) is 0 Å². The third-order valence-corrected chi connectivity index (χ3v) is 3.44. The van der Waals surface area contributed by atoms with Gasteiger partial charge in [0, 0.05) is 11.8 Å². The fraction of sp³-hybridized carbons (Fsp3) is 0.222. The van der Waals surface area contributed by atoms with E-state index in [2.05, 4.69) is 5.10 Å². The molecule has 0 aliphatic carbocycles. The van der Waals surface area contributed by atoms with Crippen LogP contribution in [0.5, 0.6) is 0 Å². The number of hydrogen-bond acceptors (Lipinski definition) is 4. The van der Waals surface area contributed by atoms with Gasteiger partial charge in [-0.25, -0.2) is 9.31 Å². The van der Waals surface area contributed by atoms with Gasteiger partial charge >= 0.3 is 5.97 Å². The summed E-state index contributed by atoms with van der Waals surface area (Å²) in [5.41, 5.74) is 3.22. The highest BCUT2D eigenvalue weighted by molar-refractivity contribution is 5.87. The van der Waals surface area contributed by atoms with Crippen molar-refractivity contribution >= 4 is 11.5 Å². The molecular weight excluding hydrogens is 292 g/mol. The van der Waals surface area contributed by atoms with Gasteiger partial charge < -0.3 is 9.47 Å². The predicted octanol–water partition coefficient (Wildman–Crippen LogP) is 3.23. The molecule has 0 fully saturated rings. The molecular formula is C18H18N2O3. The lowest BCUT2D eigenvalue weighted by molar-refractivity contribution is 0.0517. The zero-order chi connectivity index (χ0) is 16.1. The molecule has 3 aromatic rings. The van der Waals surface area contributed by atoms with Crippen LogP contribution in [0.25, 0.3) is 5.52 Å². The van der Waals surface area contributed by atoms with Gasteiger partial charge in [0.25, 0.3) is 0 Å². The smallest absolute Gasteiger partial charge is 0.358 e. The van der Waals surface area contributed by atoms with E-state index in [-0.39, 0.29) is 5.69 Å². The van der Waals surface area contributed by atoms with Gasteiger partial charge in [-0.05, 0) is 30.7 Å². The molecule has 0 N–H and O–H groups in total. The van der Waals surface area contributed by atoms with Crippen LogP contribution in [0.15, 0.2) is 54.7 Å². The first-order valence-corrected chi connectivity index (χ1v) is 7.54. The van der Waals surface area contributed by atoms with E-state index in [0.29, 0.717) is 19.8 Å². The van der Waals surface area contributed by atoms with Gasteiger partial charge in [-0.3, -0.25) is 0 Å². The third kappa shape index (κ3) is 3.57. The molecule has 0 radical (unpaired) electrons. The van der Waals surface area contributed by atoms with Crippen LogP contribution >= 0.6 is 0 Å². The van der Waals surface area contributed by atoms with E-state index >= 15 is 0 Å². The van der Waals surface area contributed by atoms with Gasteiger partial charge in [-0.15, -0.1) is 0 Å². The minimum atomic E-state index is -0.424. The summed E-state index contributed by atoms with van der Waals surface area (Å²) in [6.45, 7) is 3.02. The molecule has 0 saturated carbocycles. The van der Waals surface area contributed by atoms with E-state index in [1.165, 1.54) is 0 Å². The number of rotatable bonds is 6. The summed E-state index contributed by atoms with van der Waals surface area (Å²) in [7, 11) is 0. The van der Waals surface area contributed by atoms with Crippen molar-refractivity contribution in [3.63, 3.8) is 0 Å². The van der Waals surface area contributed by atoms with Crippen molar-refractivity contribution in [2.45, 2.75) is 20.1 Å². The second-order valence-electron chi connectivity index (χ2n) is 5.09. The standard InChI is InChI=1S/C18H18N2O3/c1-2-23-18(21)16-11-15(17-9-6-10-20(17)19-16)13-22-12-14-7-4-3-5-8-14/h3-11H,2,12-13H2,1H3. The van der Waals surface area contributed by atoms with Crippen LogP contribution in [0, 0.1) is 0 Å². The van der Waals surface area contributed by atoms with Gasteiger partial charge in [0.15, 0.2) is 5.69 Å². The van der Waals surface area contributed by atoms with Crippen LogP contribution in [-0.4, -0.2) is 22.2 Å². The molecule has 0 spiro atoms. The van der Waals surface area contributed by atoms with Crippen LogP contribution in [-0.2, 0) is 22.7 Å². The zero-order valence-electron chi connectivity index (χ0n) is 12.9. The van der Waals surface area contributed by atoms with E-state index in [0.717, 1.165) is 16.6 Å². The molecule has 0 unspecified atom stereocenters. The SMILES string of the molecule is CCOC(=O)c1cc(COCc2ccccc2)c2cccn2n1. The number of carbonyl (C=O) groups excluding carboxylic acids is 1.